The van der Waals surface area contributed by atoms with E-state index in [-0.39, 0.29) is 11.4 Å². The lowest BCUT2D eigenvalue weighted by Gasteiger charge is -2.33. The summed E-state index contributed by atoms with van der Waals surface area (Å²) in [5.41, 5.74) is 7.93. The molecule has 2 N–H and O–H groups in total. The van der Waals surface area contributed by atoms with Crippen molar-refractivity contribution in [3.63, 3.8) is 0 Å². The van der Waals surface area contributed by atoms with E-state index in [4.69, 9.17) is 10.7 Å². The van der Waals surface area contributed by atoms with Crippen LogP contribution in [-0.2, 0) is 12.1 Å². The monoisotopic (exact) mass is 261 g/mol. The van der Waals surface area contributed by atoms with Crippen LogP contribution in [0, 0.1) is 5.82 Å². The Balaban J connectivity index is 2.17. The molecule has 0 unspecified atom stereocenters. The molecular formula is C15H20FN3. The number of fused-ring (bicyclic) bond motifs is 1. The molecule has 1 aliphatic carbocycles. The zero-order valence-electron chi connectivity index (χ0n) is 11.3. The summed E-state index contributed by atoms with van der Waals surface area (Å²) in [4.78, 5) is 4.69. The van der Waals surface area contributed by atoms with Crippen LogP contribution in [-0.4, -0.2) is 9.55 Å². The topological polar surface area (TPSA) is 43.8 Å². The number of nitrogens with zero attached hydrogens (tertiary/aromatic N) is 2. The van der Waals surface area contributed by atoms with Crippen LogP contribution in [0.25, 0.3) is 11.0 Å². The van der Waals surface area contributed by atoms with E-state index in [9.17, 15) is 4.39 Å². The van der Waals surface area contributed by atoms with Crippen molar-refractivity contribution in [2.75, 3.05) is 0 Å². The highest BCUT2D eigenvalue weighted by molar-refractivity contribution is 5.76. The molecular weight excluding hydrogens is 241 g/mol. The Morgan fingerprint density at radius 3 is 2.74 bits per heavy atom. The van der Waals surface area contributed by atoms with E-state index in [1.807, 2.05) is 0 Å². The third-order valence-electron chi connectivity index (χ3n) is 4.22. The fourth-order valence-corrected chi connectivity index (χ4v) is 3.20. The van der Waals surface area contributed by atoms with E-state index in [0.29, 0.717) is 0 Å². The fourth-order valence-electron chi connectivity index (χ4n) is 3.20. The van der Waals surface area contributed by atoms with E-state index >= 15 is 0 Å². The van der Waals surface area contributed by atoms with Gasteiger partial charge in [0.2, 0.25) is 0 Å². The predicted octanol–water partition coefficient (Wildman–Crippen LogP) is 3.31. The third-order valence-corrected chi connectivity index (χ3v) is 4.22. The van der Waals surface area contributed by atoms with E-state index < -0.39 is 0 Å². The molecule has 4 heteroatoms. The molecule has 102 valence electrons. The van der Waals surface area contributed by atoms with Crippen molar-refractivity contribution in [1.82, 2.24) is 9.55 Å². The van der Waals surface area contributed by atoms with Gasteiger partial charge in [0, 0.05) is 6.54 Å². The average Bonchev–Trinajstić information content (AvgIpc) is 2.78. The molecule has 1 heterocycles. The summed E-state index contributed by atoms with van der Waals surface area (Å²) in [6.45, 7) is 2.83. The highest BCUT2D eigenvalue weighted by Gasteiger charge is 2.34. The van der Waals surface area contributed by atoms with Gasteiger partial charge in [-0.15, -0.1) is 0 Å². The van der Waals surface area contributed by atoms with Crippen molar-refractivity contribution in [3.05, 3.63) is 29.8 Å². The number of aryl methyl sites for hydroxylation is 1. The van der Waals surface area contributed by atoms with Crippen molar-refractivity contribution < 1.29 is 4.39 Å². The van der Waals surface area contributed by atoms with Gasteiger partial charge >= 0.3 is 0 Å². The molecule has 0 radical (unpaired) electrons. The Morgan fingerprint density at radius 1 is 1.32 bits per heavy atom. The average molecular weight is 261 g/mol. The number of hydrogen-bond donors (Lipinski definition) is 1. The molecule has 3 nitrogen and oxygen atoms in total. The van der Waals surface area contributed by atoms with Gasteiger partial charge in [-0.05, 0) is 38.0 Å². The summed E-state index contributed by atoms with van der Waals surface area (Å²) in [7, 11) is 0. The Bertz CT molecular complexity index is 597. The second kappa shape index (κ2) is 4.60. The SMILES string of the molecule is CCn1c(C2(N)CCCCC2)nc2ccc(F)cc21. The molecule has 0 atom stereocenters. The number of rotatable bonds is 2. The molecule has 3 rings (SSSR count). The van der Waals surface area contributed by atoms with Crippen molar-refractivity contribution in [3.8, 4) is 0 Å². The smallest absolute Gasteiger partial charge is 0.130 e. The standard InChI is InChI=1S/C15H20FN3/c1-2-19-13-10-11(16)6-7-12(13)18-14(19)15(17)8-4-3-5-9-15/h6-7,10H,2-5,8-9,17H2,1H3. The number of aromatic nitrogens is 2. The van der Waals surface area contributed by atoms with Crippen molar-refractivity contribution in [1.29, 1.82) is 0 Å². The summed E-state index contributed by atoms with van der Waals surface area (Å²) < 4.78 is 15.5. The zero-order valence-corrected chi connectivity index (χ0v) is 11.3. The maximum absolute atomic E-state index is 13.4. The van der Waals surface area contributed by atoms with Crippen LogP contribution < -0.4 is 5.73 Å². The minimum absolute atomic E-state index is 0.219. The van der Waals surface area contributed by atoms with Crippen LogP contribution >= 0.6 is 0 Å². The maximum Gasteiger partial charge on any atom is 0.130 e. The normalized spacial score (nSPS) is 18.9. The number of imidazole rings is 1. The number of benzene rings is 1. The van der Waals surface area contributed by atoms with Crippen LogP contribution in [0.15, 0.2) is 18.2 Å². The summed E-state index contributed by atoms with van der Waals surface area (Å²) in [6, 6.07) is 4.76. The van der Waals surface area contributed by atoms with Crippen LogP contribution in [0.1, 0.15) is 44.9 Å². The van der Waals surface area contributed by atoms with Gasteiger partial charge in [0.25, 0.3) is 0 Å². The van der Waals surface area contributed by atoms with E-state index in [2.05, 4.69) is 11.5 Å². The van der Waals surface area contributed by atoms with Gasteiger partial charge in [0.05, 0.1) is 16.6 Å². The highest BCUT2D eigenvalue weighted by Crippen LogP contribution is 2.35. The van der Waals surface area contributed by atoms with E-state index in [1.54, 1.807) is 12.1 Å². The van der Waals surface area contributed by atoms with Gasteiger partial charge in [0.1, 0.15) is 11.6 Å². The molecule has 1 fully saturated rings. The molecule has 1 aromatic heterocycles. The van der Waals surface area contributed by atoms with Crippen molar-refractivity contribution in [2.45, 2.75) is 51.1 Å². The Labute approximate surface area is 112 Å². The minimum atomic E-state index is -0.343. The quantitative estimate of drug-likeness (QED) is 0.901. The first-order valence-electron chi connectivity index (χ1n) is 7.09. The second-order valence-corrected chi connectivity index (χ2v) is 5.53. The molecule has 0 saturated heterocycles. The Kier molecular flexibility index (Phi) is 3.05. The lowest BCUT2D eigenvalue weighted by atomic mass is 9.82. The number of halogens is 1. The van der Waals surface area contributed by atoms with Gasteiger partial charge in [-0.25, -0.2) is 9.37 Å². The zero-order chi connectivity index (χ0) is 13.5. The van der Waals surface area contributed by atoms with Gasteiger partial charge in [-0.1, -0.05) is 19.3 Å². The second-order valence-electron chi connectivity index (χ2n) is 5.53. The lowest BCUT2D eigenvalue weighted by Crippen LogP contribution is -2.41. The van der Waals surface area contributed by atoms with E-state index in [0.717, 1.165) is 49.1 Å². The molecule has 0 amide bonds. The summed E-state index contributed by atoms with van der Waals surface area (Å²) >= 11 is 0. The lowest BCUT2D eigenvalue weighted by molar-refractivity contribution is 0.279. The van der Waals surface area contributed by atoms with Gasteiger partial charge in [-0.3, -0.25) is 0 Å². The van der Waals surface area contributed by atoms with Crippen LogP contribution in [0.3, 0.4) is 0 Å². The summed E-state index contributed by atoms with van der Waals surface area (Å²) in [5, 5.41) is 0. The molecule has 2 aromatic rings. The molecule has 0 spiro atoms. The fraction of sp³-hybridized carbons (Fsp3) is 0.533. The predicted molar refractivity (Wildman–Crippen MR) is 74.3 cm³/mol. The molecule has 19 heavy (non-hydrogen) atoms. The first-order valence-corrected chi connectivity index (χ1v) is 7.09. The molecule has 1 aliphatic rings. The Morgan fingerprint density at radius 2 is 2.05 bits per heavy atom. The molecule has 1 aromatic carbocycles. The molecule has 1 saturated carbocycles. The van der Waals surface area contributed by atoms with Gasteiger partial charge in [-0.2, -0.15) is 0 Å². The Hall–Kier alpha value is -1.42. The van der Waals surface area contributed by atoms with Gasteiger partial charge in [0.15, 0.2) is 0 Å². The summed E-state index contributed by atoms with van der Waals surface area (Å²) in [6.07, 6.45) is 5.49. The minimum Gasteiger partial charge on any atom is -0.327 e. The maximum atomic E-state index is 13.4. The van der Waals surface area contributed by atoms with Crippen molar-refractivity contribution in [2.24, 2.45) is 5.73 Å². The van der Waals surface area contributed by atoms with Crippen LogP contribution in [0.5, 0.6) is 0 Å². The summed E-state index contributed by atoms with van der Waals surface area (Å²) in [5.74, 6) is 0.707. The van der Waals surface area contributed by atoms with Crippen LogP contribution in [0.2, 0.25) is 0 Å². The first-order chi connectivity index (χ1) is 9.14. The van der Waals surface area contributed by atoms with E-state index in [1.165, 1.54) is 12.5 Å². The van der Waals surface area contributed by atoms with Crippen molar-refractivity contribution >= 4 is 11.0 Å². The third kappa shape index (κ3) is 2.04. The number of hydrogen-bond acceptors (Lipinski definition) is 2. The number of nitrogens with two attached hydrogens (primary N) is 1. The van der Waals surface area contributed by atoms with Crippen LogP contribution in [0.4, 0.5) is 4.39 Å². The largest absolute Gasteiger partial charge is 0.327 e. The molecule has 0 bridgehead atoms. The molecule has 0 aliphatic heterocycles. The first kappa shape index (κ1) is 12.6. The van der Waals surface area contributed by atoms with Gasteiger partial charge < -0.3 is 10.3 Å². The highest BCUT2D eigenvalue weighted by atomic mass is 19.1.